The van der Waals surface area contributed by atoms with Gasteiger partial charge in [0.15, 0.2) is 9.84 Å². The van der Waals surface area contributed by atoms with Gasteiger partial charge in [-0.25, -0.2) is 8.42 Å². The fraction of sp³-hybridized carbons (Fsp3) is 0.500. The van der Waals surface area contributed by atoms with Crippen LogP contribution in [-0.2, 0) is 14.6 Å². The van der Waals surface area contributed by atoms with Crippen LogP contribution in [0.5, 0.6) is 5.75 Å². The normalized spacial score (nSPS) is 21.4. The highest BCUT2D eigenvalue weighted by Crippen LogP contribution is 2.32. The van der Waals surface area contributed by atoms with Gasteiger partial charge in [-0.2, -0.15) is 0 Å². The van der Waals surface area contributed by atoms with E-state index in [4.69, 9.17) is 4.74 Å². The molecular formula is C16H21NO6S. The number of aliphatic carboxylic acids is 1. The predicted octanol–water partition coefficient (Wildman–Crippen LogP) is 1.43. The quantitative estimate of drug-likeness (QED) is 0.877. The van der Waals surface area contributed by atoms with Gasteiger partial charge in [0.05, 0.1) is 23.0 Å². The van der Waals surface area contributed by atoms with Crippen LogP contribution in [0.15, 0.2) is 23.1 Å². The summed E-state index contributed by atoms with van der Waals surface area (Å²) in [4.78, 5) is 25.7. The SMILES string of the molecule is COc1ccc(S(C)(=O)=O)cc1C(=O)N1CCCC(C)(C(=O)O)C1. The van der Waals surface area contributed by atoms with Crippen LogP contribution >= 0.6 is 0 Å². The molecule has 1 atom stereocenters. The van der Waals surface area contributed by atoms with Crippen LogP contribution in [0, 0.1) is 5.41 Å². The zero-order valence-corrected chi connectivity index (χ0v) is 14.7. The zero-order chi connectivity index (χ0) is 18.1. The highest BCUT2D eigenvalue weighted by Gasteiger charge is 2.40. The van der Waals surface area contributed by atoms with Crippen LogP contribution < -0.4 is 4.74 Å². The largest absolute Gasteiger partial charge is 0.496 e. The summed E-state index contributed by atoms with van der Waals surface area (Å²) in [6.07, 6.45) is 2.13. The third-order valence-corrected chi connectivity index (χ3v) is 5.44. The number of benzene rings is 1. The van der Waals surface area contributed by atoms with Crippen LogP contribution in [-0.4, -0.2) is 56.8 Å². The number of carboxylic acid groups (broad SMARTS) is 1. The first-order valence-corrected chi connectivity index (χ1v) is 9.38. The molecule has 24 heavy (non-hydrogen) atoms. The molecule has 7 nitrogen and oxygen atoms in total. The second-order valence-corrected chi connectivity index (χ2v) is 8.35. The van der Waals surface area contributed by atoms with Gasteiger partial charge in [-0.1, -0.05) is 0 Å². The molecule has 2 rings (SSSR count). The molecule has 0 radical (unpaired) electrons. The minimum Gasteiger partial charge on any atom is -0.496 e. The number of amides is 1. The van der Waals surface area contributed by atoms with Crippen molar-refractivity contribution < 1.29 is 27.9 Å². The monoisotopic (exact) mass is 355 g/mol. The molecule has 1 amide bonds. The van der Waals surface area contributed by atoms with E-state index >= 15 is 0 Å². The summed E-state index contributed by atoms with van der Waals surface area (Å²) >= 11 is 0. The molecule has 1 aliphatic rings. The van der Waals surface area contributed by atoms with Crippen molar-refractivity contribution in [2.75, 3.05) is 26.5 Å². The first-order chi connectivity index (χ1) is 11.1. The maximum absolute atomic E-state index is 12.8. The molecule has 0 saturated carbocycles. The number of carbonyl (C=O) groups excluding carboxylic acids is 1. The van der Waals surface area contributed by atoms with Crippen molar-refractivity contribution in [2.45, 2.75) is 24.7 Å². The topological polar surface area (TPSA) is 101 Å². The standard InChI is InChI=1S/C16H21NO6S/c1-16(15(19)20)7-4-8-17(10-16)14(18)12-9-11(24(3,21)22)5-6-13(12)23-2/h5-6,9H,4,7-8,10H2,1-3H3,(H,19,20). The number of methoxy groups -OCH3 is 1. The Kier molecular flexibility index (Phi) is 4.89. The summed E-state index contributed by atoms with van der Waals surface area (Å²) in [7, 11) is -2.08. The summed E-state index contributed by atoms with van der Waals surface area (Å²) in [5.74, 6) is -1.11. The lowest BCUT2D eigenvalue weighted by molar-refractivity contribution is -0.150. The molecular weight excluding hydrogens is 334 g/mol. The van der Waals surface area contributed by atoms with Crippen molar-refractivity contribution in [2.24, 2.45) is 5.41 Å². The van der Waals surface area contributed by atoms with E-state index in [1.165, 1.54) is 30.2 Å². The number of carbonyl (C=O) groups is 2. The Hall–Kier alpha value is -2.09. The lowest BCUT2D eigenvalue weighted by Gasteiger charge is -2.37. The van der Waals surface area contributed by atoms with E-state index in [1.807, 2.05) is 0 Å². The molecule has 0 aromatic heterocycles. The second kappa shape index (κ2) is 6.43. The van der Waals surface area contributed by atoms with E-state index in [0.29, 0.717) is 19.4 Å². The molecule has 1 aromatic carbocycles. The van der Waals surface area contributed by atoms with Gasteiger partial charge in [-0.3, -0.25) is 9.59 Å². The van der Waals surface area contributed by atoms with Gasteiger partial charge in [-0.15, -0.1) is 0 Å². The van der Waals surface area contributed by atoms with Crippen molar-refractivity contribution in [3.05, 3.63) is 23.8 Å². The maximum Gasteiger partial charge on any atom is 0.311 e. The maximum atomic E-state index is 12.8. The zero-order valence-electron chi connectivity index (χ0n) is 13.9. The second-order valence-electron chi connectivity index (χ2n) is 6.33. The van der Waals surface area contributed by atoms with E-state index in [9.17, 15) is 23.1 Å². The van der Waals surface area contributed by atoms with E-state index in [0.717, 1.165) is 6.26 Å². The molecule has 1 N–H and O–H groups in total. The minimum atomic E-state index is -3.47. The van der Waals surface area contributed by atoms with Crippen LogP contribution in [0.1, 0.15) is 30.1 Å². The van der Waals surface area contributed by atoms with Crippen molar-refractivity contribution in [1.29, 1.82) is 0 Å². The molecule has 1 aliphatic heterocycles. The summed E-state index contributed by atoms with van der Waals surface area (Å²) in [6.45, 7) is 2.11. The molecule has 1 fully saturated rings. The van der Waals surface area contributed by atoms with Crippen molar-refractivity contribution >= 4 is 21.7 Å². The first-order valence-electron chi connectivity index (χ1n) is 7.49. The van der Waals surface area contributed by atoms with Gasteiger partial charge in [0, 0.05) is 19.3 Å². The number of likely N-dealkylation sites (tertiary alicyclic amines) is 1. The van der Waals surface area contributed by atoms with Gasteiger partial charge in [0.1, 0.15) is 5.75 Å². The van der Waals surface area contributed by atoms with Gasteiger partial charge >= 0.3 is 5.97 Å². The van der Waals surface area contributed by atoms with Crippen molar-refractivity contribution in [1.82, 2.24) is 4.90 Å². The molecule has 1 unspecified atom stereocenters. The number of rotatable bonds is 4. The average molecular weight is 355 g/mol. The number of piperidine rings is 1. The highest BCUT2D eigenvalue weighted by molar-refractivity contribution is 7.90. The summed E-state index contributed by atoms with van der Waals surface area (Å²) in [5, 5.41) is 9.38. The predicted molar refractivity (Wildman–Crippen MR) is 87.0 cm³/mol. The number of hydrogen-bond donors (Lipinski definition) is 1. The molecule has 0 bridgehead atoms. The molecule has 1 heterocycles. The van der Waals surface area contributed by atoms with Gasteiger partial charge in [-0.05, 0) is 38.0 Å². The smallest absolute Gasteiger partial charge is 0.311 e. The Labute approximate surface area is 141 Å². The first kappa shape index (κ1) is 18.3. The Morgan fingerprint density at radius 1 is 1.33 bits per heavy atom. The Balaban J connectivity index is 2.40. The number of ether oxygens (including phenoxy) is 1. The number of carboxylic acids is 1. The highest BCUT2D eigenvalue weighted by atomic mass is 32.2. The van der Waals surface area contributed by atoms with Crippen molar-refractivity contribution in [3.63, 3.8) is 0 Å². The molecule has 1 saturated heterocycles. The lowest BCUT2D eigenvalue weighted by atomic mass is 9.82. The van der Waals surface area contributed by atoms with Crippen LogP contribution in [0.2, 0.25) is 0 Å². The van der Waals surface area contributed by atoms with E-state index in [1.54, 1.807) is 6.92 Å². The van der Waals surface area contributed by atoms with Gasteiger partial charge in [0.25, 0.3) is 5.91 Å². The van der Waals surface area contributed by atoms with E-state index in [2.05, 4.69) is 0 Å². The summed E-state index contributed by atoms with van der Waals surface area (Å²) in [6, 6.07) is 4.09. The third-order valence-electron chi connectivity index (χ3n) is 4.33. The molecule has 0 aliphatic carbocycles. The van der Waals surface area contributed by atoms with E-state index < -0.39 is 27.1 Å². The fourth-order valence-electron chi connectivity index (χ4n) is 2.84. The molecule has 8 heteroatoms. The molecule has 0 spiro atoms. The minimum absolute atomic E-state index is 0.0182. The fourth-order valence-corrected chi connectivity index (χ4v) is 3.49. The van der Waals surface area contributed by atoms with E-state index in [-0.39, 0.29) is 22.8 Å². The molecule has 132 valence electrons. The van der Waals surface area contributed by atoms with Crippen LogP contribution in [0.25, 0.3) is 0 Å². The van der Waals surface area contributed by atoms with Gasteiger partial charge in [0.2, 0.25) is 0 Å². The number of hydrogen-bond acceptors (Lipinski definition) is 5. The van der Waals surface area contributed by atoms with Crippen LogP contribution in [0.4, 0.5) is 0 Å². The summed E-state index contributed by atoms with van der Waals surface area (Å²) < 4.78 is 28.6. The Morgan fingerprint density at radius 3 is 2.54 bits per heavy atom. The molecule has 1 aromatic rings. The number of nitrogens with zero attached hydrogens (tertiary/aromatic N) is 1. The van der Waals surface area contributed by atoms with Gasteiger partial charge < -0.3 is 14.7 Å². The number of sulfone groups is 1. The van der Waals surface area contributed by atoms with Crippen molar-refractivity contribution in [3.8, 4) is 5.75 Å². The third kappa shape index (κ3) is 3.53. The lowest BCUT2D eigenvalue weighted by Crippen LogP contribution is -2.48. The Bertz CT molecular complexity index is 773. The van der Waals surface area contributed by atoms with Crippen LogP contribution in [0.3, 0.4) is 0 Å². The summed E-state index contributed by atoms with van der Waals surface area (Å²) in [5.41, 5.74) is -0.884. The Morgan fingerprint density at radius 2 is 2.00 bits per heavy atom. The average Bonchev–Trinajstić information content (AvgIpc) is 2.52.